The molecule has 0 spiro atoms. The van der Waals surface area contributed by atoms with E-state index in [1.807, 2.05) is 16.8 Å². The lowest BCUT2D eigenvalue weighted by molar-refractivity contribution is 0.178. The van der Waals surface area contributed by atoms with Gasteiger partial charge in [-0.1, -0.05) is 0 Å². The molecule has 2 aromatic heterocycles. The highest BCUT2D eigenvalue weighted by Crippen LogP contribution is 2.36. The Kier molecular flexibility index (Phi) is 4.41. The van der Waals surface area contributed by atoms with E-state index < -0.39 is 6.10 Å². The molecule has 92 valence electrons. The predicted octanol–water partition coefficient (Wildman–Crippen LogP) is 3.77. The topological polar surface area (TPSA) is 38.0 Å². The molecule has 6 heteroatoms. The van der Waals surface area contributed by atoms with Crippen molar-refractivity contribution >= 4 is 43.2 Å². The van der Waals surface area contributed by atoms with Gasteiger partial charge in [0.05, 0.1) is 9.89 Å². The largest absolute Gasteiger partial charge is 0.387 e. The van der Waals surface area contributed by atoms with Crippen LogP contribution in [0.2, 0.25) is 0 Å². The molecule has 0 radical (unpaired) electrons. The molecule has 3 nitrogen and oxygen atoms in total. The van der Waals surface area contributed by atoms with Crippen LogP contribution in [0.5, 0.6) is 0 Å². The van der Waals surface area contributed by atoms with Gasteiger partial charge in [-0.25, -0.2) is 4.98 Å². The van der Waals surface area contributed by atoms with E-state index in [4.69, 9.17) is 0 Å². The highest BCUT2D eigenvalue weighted by molar-refractivity contribution is 9.13. The van der Waals surface area contributed by atoms with Gasteiger partial charge in [-0.05, 0) is 44.8 Å². The molecule has 0 amide bonds. The number of aryl methyl sites for hydroxylation is 1. The molecule has 1 N–H and O–H groups in total. The summed E-state index contributed by atoms with van der Waals surface area (Å²) in [6.07, 6.45) is 3.74. The molecule has 0 saturated heterocycles. The molecule has 1 atom stereocenters. The Hall–Kier alpha value is -0.170. The van der Waals surface area contributed by atoms with Crippen LogP contribution in [0, 0.1) is 0 Å². The van der Waals surface area contributed by atoms with Gasteiger partial charge in [-0.3, -0.25) is 0 Å². The highest BCUT2D eigenvalue weighted by Gasteiger charge is 2.15. The van der Waals surface area contributed by atoms with Crippen molar-refractivity contribution < 1.29 is 5.11 Å². The summed E-state index contributed by atoms with van der Waals surface area (Å²) in [7, 11) is 0. The van der Waals surface area contributed by atoms with Gasteiger partial charge in [0.25, 0.3) is 0 Å². The molecule has 0 aliphatic heterocycles. The Morgan fingerprint density at radius 1 is 1.53 bits per heavy atom. The third-order valence-corrected chi connectivity index (χ3v) is 5.87. The first-order chi connectivity index (χ1) is 8.11. The first-order valence-electron chi connectivity index (χ1n) is 5.24. The average Bonchev–Trinajstić information content (AvgIpc) is 2.86. The zero-order valence-electron chi connectivity index (χ0n) is 9.23. The zero-order chi connectivity index (χ0) is 12.4. The van der Waals surface area contributed by atoms with E-state index in [0.29, 0.717) is 6.42 Å². The van der Waals surface area contributed by atoms with Gasteiger partial charge in [0.1, 0.15) is 5.82 Å². The number of halogens is 2. The summed E-state index contributed by atoms with van der Waals surface area (Å²) in [5.74, 6) is 0.917. The first kappa shape index (κ1) is 13.3. The summed E-state index contributed by atoms with van der Waals surface area (Å²) in [4.78, 5) is 5.21. The Morgan fingerprint density at radius 2 is 2.29 bits per heavy atom. The van der Waals surface area contributed by atoms with E-state index in [9.17, 15) is 5.11 Å². The second-order valence-electron chi connectivity index (χ2n) is 3.62. The standard InChI is InChI=1S/C11H12Br2N2OS/c1-2-15-4-3-14-10(15)6-8(16)9-5-7(12)11(13)17-9/h3-5,8,16H,2,6H2,1H3. The summed E-state index contributed by atoms with van der Waals surface area (Å²) >= 11 is 8.39. The third kappa shape index (κ3) is 2.99. The lowest BCUT2D eigenvalue weighted by Crippen LogP contribution is -2.07. The molecule has 0 aromatic carbocycles. The van der Waals surface area contributed by atoms with Gasteiger partial charge >= 0.3 is 0 Å². The van der Waals surface area contributed by atoms with E-state index in [0.717, 1.165) is 25.5 Å². The number of aliphatic hydroxyl groups is 1. The normalized spacial score (nSPS) is 12.9. The minimum absolute atomic E-state index is 0.504. The molecule has 0 aliphatic carbocycles. The van der Waals surface area contributed by atoms with E-state index >= 15 is 0 Å². The van der Waals surface area contributed by atoms with Crippen molar-refractivity contribution in [2.24, 2.45) is 0 Å². The Morgan fingerprint density at radius 3 is 2.88 bits per heavy atom. The fraction of sp³-hybridized carbons (Fsp3) is 0.364. The van der Waals surface area contributed by atoms with Crippen molar-refractivity contribution in [3.63, 3.8) is 0 Å². The first-order valence-corrected chi connectivity index (χ1v) is 7.65. The van der Waals surface area contributed by atoms with Gasteiger partial charge in [-0.15, -0.1) is 11.3 Å². The second kappa shape index (κ2) is 5.65. The van der Waals surface area contributed by atoms with Gasteiger partial charge in [0, 0.05) is 34.7 Å². The van der Waals surface area contributed by atoms with Crippen molar-refractivity contribution in [1.82, 2.24) is 9.55 Å². The highest BCUT2D eigenvalue weighted by atomic mass is 79.9. The molecule has 2 aromatic rings. The zero-order valence-corrected chi connectivity index (χ0v) is 13.2. The van der Waals surface area contributed by atoms with Gasteiger partial charge < -0.3 is 9.67 Å². The fourth-order valence-electron chi connectivity index (χ4n) is 1.62. The summed E-state index contributed by atoms with van der Waals surface area (Å²) in [5, 5.41) is 10.2. The van der Waals surface area contributed by atoms with Crippen LogP contribution in [0.3, 0.4) is 0 Å². The van der Waals surface area contributed by atoms with Crippen LogP contribution in [-0.4, -0.2) is 14.7 Å². The van der Waals surface area contributed by atoms with Gasteiger partial charge in [0.15, 0.2) is 0 Å². The Bertz CT molecular complexity index is 490. The number of aliphatic hydroxyl groups excluding tert-OH is 1. The maximum Gasteiger partial charge on any atom is 0.111 e. The van der Waals surface area contributed by atoms with Crippen LogP contribution in [0.4, 0.5) is 0 Å². The van der Waals surface area contributed by atoms with Crippen molar-refractivity contribution in [1.29, 1.82) is 0 Å². The molecular formula is C11H12Br2N2OS. The molecular weight excluding hydrogens is 368 g/mol. The van der Waals surface area contributed by atoms with E-state index in [2.05, 4.69) is 43.8 Å². The summed E-state index contributed by atoms with van der Waals surface area (Å²) in [6.45, 7) is 2.94. The number of nitrogens with zero attached hydrogens (tertiary/aromatic N) is 2. The smallest absolute Gasteiger partial charge is 0.111 e. The number of aromatic nitrogens is 2. The number of hydrogen-bond acceptors (Lipinski definition) is 3. The Balaban J connectivity index is 2.14. The molecule has 0 aliphatic rings. The average molecular weight is 380 g/mol. The minimum atomic E-state index is -0.504. The van der Waals surface area contributed by atoms with E-state index in [1.54, 1.807) is 17.5 Å². The Labute approximate surface area is 121 Å². The SMILES string of the molecule is CCn1ccnc1CC(O)c1cc(Br)c(Br)s1. The van der Waals surface area contributed by atoms with Gasteiger partial charge in [-0.2, -0.15) is 0 Å². The monoisotopic (exact) mass is 378 g/mol. The van der Waals surface area contributed by atoms with Crippen LogP contribution >= 0.6 is 43.2 Å². The molecule has 0 bridgehead atoms. The van der Waals surface area contributed by atoms with Crippen molar-refractivity contribution in [2.45, 2.75) is 26.0 Å². The van der Waals surface area contributed by atoms with Crippen molar-refractivity contribution in [3.8, 4) is 0 Å². The van der Waals surface area contributed by atoms with E-state index in [-0.39, 0.29) is 0 Å². The van der Waals surface area contributed by atoms with Crippen LogP contribution in [0.1, 0.15) is 23.7 Å². The lowest BCUT2D eigenvalue weighted by Gasteiger charge is -2.09. The lowest BCUT2D eigenvalue weighted by atomic mass is 10.2. The number of rotatable bonds is 4. The van der Waals surface area contributed by atoms with Crippen LogP contribution in [-0.2, 0) is 13.0 Å². The maximum atomic E-state index is 10.2. The molecule has 1 unspecified atom stereocenters. The summed E-state index contributed by atoms with van der Waals surface area (Å²) < 4.78 is 4.03. The minimum Gasteiger partial charge on any atom is -0.387 e. The van der Waals surface area contributed by atoms with Gasteiger partial charge in [0.2, 0.25) is 0 Å². The number of hydrogen-bond donors (Lipinski definition) is 1. The quantitative estimate of drug-likeness (QED) is 0.877. The second-order valence-corrected chi connectivity index (χ2v) is 6.88. The molecule has 2 rings (SSSR count). The molecule has 0 fully saturated rings. The van der Waals surface area contributed by atoms with E-state index in [1.165, 1.54) is 0 Å². The molecule has 2 heterocycles. The van der Waals surface area contributed by atoms with Crippen LogP contribution < -0.4 is 0 Å². The number of imidazole rings is 1. The maximum absolute atomic E-state index is 10.2. The third-order valence-electron chi connectivity index (χ3n) is 2.51. The fourth-order valence-corrected chi connectivity index (χ4v) is 3.69. The molecule has 0 saturated carbocycles. The summed E-state index contributed by atoms with van der Waals surface area (Å²) in [5.41, 5.74) is 0. The van der Waals surface area contributed by atoms with Crippen LogP contribution in [0.15, 0.2) is 26.7 Å². The van der Waals surface area contributed by atoms with Crippen molar-refractivity contribution in [3.05, 3.63) is 37.4 Å². The molecule has 17 heavy (non-hydrogen) atoms. The number of thiophene rings is 1. The summed E-state index contributed by atoms with van der Waals surface area (Å²) in [6, 6.07) is 1.94. The predicted molar refractivity (Wildman–Crippen MR) is 76.3 cm³/mol. The van der Waals surface area contributed by atoms with Crippen molar-refractivity contribution in [2.75, 3.05) is 0 Å². The van der Waals surface area contributed by atoms with Crippen LogP contribution in [0.25, 0.3) is 0 Å².